The molecular weight excluding hydrogens is 311 g/mol. The van der Waals surface area contributed by atoms with E-state index < -0.39 is 23.9 Å². The lowest BCUT2D eigenvalue weighted by molar-refractivity contribution is -0.0597. The van der Waals surface area contributed by atoms with Crippen LogP contribution in [0.3, 0.4) is 0 Å². The molecule has 1 aliphatic rings. The molecule has 0 radical (unpaired) electrons. The highest BCUT2D eigenvalue weighted by Gasteiger charge is 2.40. The predicted octanol–water partition coefficient (Wildman–Crippen LogP) is 2.58. The van der Waals surface area contributed by atoms with Crippen LogP contribution >= 0.6 is 0 Å². The van der Waals surface area contributed by atoms with Crippen LogP contribution in [0.4, 0.5) is 19.0 Å². The summed E-state index contributed by atoms with van der Waals surface area (Å²) in [6, 6.07) is 0. The number of alkyl halides is 3. The SMILES string of the molecule is CCCCCn1c2c(c(=O)n3c(C)nnc13)CC(C(F)(F)F)=N2. The molecule has 0 unspecified atom stereocenters. The van der Waals surface area contributed by atoms with Crippen LogP contribution < -0.4 is 5.56 Å². The minimum atomic E-state index is -4.54. The van der Waals surface area contributed by atoms with Crippen molar-refractivity contribution in [2.75, 3.05) is 0 Å². The van der Waals surface area contributed by atoms with Gasteiger partial charge in [-0.15, -0.1) is 10.2 Å². The van der Waals surface area contributed by atoms with Gasteiger partial charge < -0.3 is 0 Å². The maximum Gasteiger partial charge on any atom is 0.429 e. The second-order valence-corrected chi connectivity index (χ2v) is 5.58. The van der Waals surface area contributed by atoms with Gasteiger partial charge in [0.15, 0.2) is 0 Å². The summed E-state index contributed by atoms with van der Waals surface area (Å²) in [5.41, 5.74) is -1.40. The summed E-state index contributed by atoms with van der Waals surface area (Å²) in [5, 5.41) is 7.82. The number of unbranched alkanes of at least 4 members (excludes halogenated alkanes) is 2. The third-order valence-electron chi connectivity index (χ3n) is 3.93. The highest BCUT2D eigenvalue weighted by atomic mass is 19.4. The van der Waals surface area contributed by atoms with Gasteiger partial charge in [0.05, 0.1) is 5.56 Å². The lowest BCUT2D eigenvalue weighted by Crippen LogP contribution is -2.26. The van der Waals surface area contributed by atoms with E-state index >= 15 is 0 Å². The molecule has 1 aliphatic heterocycles. The van der Waals surface area contributed by atoms with Gasteiger partial charge in [0.2, 0.25) is 5.78 Å². The van der Waals surface area contributed by atoms with Crippen molar-refractivity contribution in [3.8, 4) is 0 Å². The fourth-order valence-corrected chi connectivity index (χ4v) is 2.76. The fourth-order valence-electron chi connectivity index (χ4n) is 2.76. The van der Waals surface area contributed by atoms with Crippen LogP contribution in [0, 0.1) is 6.92 Å². The molecule has 6 nitrogen and oxygen atoms in total. The van der Waals surface area contributed by atoms with Crippen LogP contribution in [0.25, 0.3) is 5.78 Å². The average molecular weight is 327 g/mol. The summed E-state index contributed by atoms with van der Waals surface area (Å²) in [4.78, 5) is 16.2. The number of nitrogens with zero attached hydrogens (tertiary/aromatic N) is 5. The second kappa shape index (κ2) is 5.47. The van der Waals surface area contributed by atoms with Crippen molar-refractivity contribution in [1.29, 1.82) is 0 Å². The smallest absolute Gasteiger partial charge is 0.294 e. The summed E-state index contributed by atoms with van der Waals surface area (Å²) in [7, 11) is 0. The van der Waals surface area contributed by atoms with Crippen LogP contribution in [0.1, 0.15) is 37.6 Å². The van der Waals surface area contributed by atoms with E-state index in [4.69, 9.17) is 0 Å². The monoisotopic (exact) mass is 327 g/mol. The maximum absolute atomic E-state index is 13.0. The van der Waals surface area contributed by atoms with Gasteiger partial charge in [-0.2, -0.15) is 13.2 Å². The van der Waals surface area contributed by atoms with Crippen LogP contribution in [0.15, 0.2) is 9.79 Å². The normalized spacial score (nSPS) is 14.4. The first-order chi connectivity index (χ1) is 10.8. The quantitative estimate of drug-likeness (QED) is 0.811. The zero-order valence-corrected chi connectivity index (χ0v) is 12.8. The van der Waals surface area contributed by atoms with Gasteiger partial charge >= 0.3 is 6.18 Å². The van der Waals surface area contributed by atoms with Crippen LogP contribution in [0.5, 0.6) is 0 Å². The molecule has 124 valence electrons. The molecule has 0 atom stereocenters. The molecule has 3 rings (SSSR count). The highest BCUT2D eigenvalue weighted by Crippen LogP contribution is 2.32. The van der Waals surface area contributed by atoms with Crippen LogP contribution in [-0.2, 0) is 13.0 Å². The van der Waals surface area contributed by atoms with Crippen LogP contribution in [-0.4, -0.2) is 31.1 Å². The molecule has 0 amide bonds. The van der Waals surface area contributed by atoms with E-state index in [1.807, 2.05) is 6.92 Å². The van der Waals surface area contributed by atoms with Crippen molar-refractivity contribution in [3.63, 3.8) is 0 Å². The largest absolute Gasteiger partial charge is 0.429 e. The van der Waals surface area contributed by atoms with Crippen molar-refractivity contribution in [1.82, 2.24) is 19.2 Å². The zero-order chi connectivity index (χ0) is 16.8. The molecule has 0 N–H and O–H groups in total. The molecule has 0 spiro atoms. The van der Waals surface area contributed by atoms with Gasteiger partial charge in [-0.05, 0) is 13.3 Å². The van der Waals surface area contributed by atoms with Gasteiger partial charge in [-0.1, -0.05) is 19.8 Å². The van der Waals surface area contributed by atoms with Gasteiger partial charge in [0.1, 0.15) is 17.4 Å². The first kappa shape index (κ1) is 15.7. The van der Waals surface area contributed by atoms with E-state index in [2.05, 4.69) is 15.2 Å². The molecule has 2 aromatic rings. The Bertz CT molecular complexity index is 847. The maximum atomic E-state index is 13.0. The van der Waals surface area contributed by atoms with Crippen molar-refractivity contribution in [3.05, 3.63) is 21.7 Å². The minimum absolute atomic E-state index is 0.0595. The Balaban J connectivity index is 2.20. The number of aliphatic imine (C=N–C) groups is 1. The van der Waals surface area contributed by atoms with Crippen LogP contribution in [0.2, 0.25) is 0 Å². The Hall–Kier alpha value is -2.19. The molecule has 2 aromatic heterocycles. The van der Waals surface area contributed by atoms with Crippen molar-refractivity contribution in [2.24, 2.45) is 4.99 Å². The topological polar surface area (TPSA) is 64.5 Å². The molecule has 3 heterocycles. The number of hydrogen-bond donors (Lipinski definition) is 0. The minimum Gasteiger partial charge on any atom is -0.294 e. The predicted molar refractivity (Wildman–Crippen MR) is 78.4 cm³/mol. The molecule has 0 aliphatic carbocycles. The average Bonchev–Trinajstić information content (AvgIpc) is 3.07. The summed E-state index contributed by atoms with van der Waals surface area (Å²) in [6.45, 7) is 4.09. The molecule has 0 saturated heterocycles. The third kappa shape index (κ3) is 2.53. The van der Waals surface area contributed by atoms with E-state index in [0.717, 1.165) is 19.3 Å². The Labute approximate surface area is 129 Å². The number of aryl methyl sites for hydroxylation is 2. The second-order valence-electron chi connectivity index (χ2n) is 5.58. The molecule has 23 heavy (non-hydrogen) atoms. The number of rotatable bonds is 4. The number of halogens is 3. The van der Waals surface area contributed by atoms with E-state index in [1.165, 1.54) is 4.40 Å². The van der Waals surface area contributed by atoms with Gasteiger partial charge in [-0.25, -0.2) is 9.39 Å². The first-order valence-electron chi connectivity index (χ1n) is 7.46. The summed E-state index contributed by atoms with van der Waals surface area (Å²) >= 11 is 0. The molecule has 0 fully saturated rings. The van der Waals surface area contributed by atoms with Crippen molar-refractivity contribution >= 4 is 17.3 Å². The Kier molecular flexibility index (Phi) is 3.73. The highest BCUT2D eigenvalue weighted by molar-refractivity contribution is 5.97. The van der Waals surface area contributed by atoms with E-state index in [9.17, 15) is 18.0 Å². The first-order valence-corrected chi connectivity index (χ1v) is 7.46. The Morgan fingerprint density at radius 3 is 2.61 bits per heavy atom. The molecule has 9 heteroatoms. The molecular formula is C14H16F3N5O. The van der Waals surface area contributed by atoms with Gasteiger partial charge in [0, 0.05) is 13.0 Å². The molecule has 0 saturated carbocycles. The number of aromatic nitrogens is 4. The number of fused-ring (bicyclic) bond motifs is 2. The standard InChI is InChI=1S/C14H16F3N5O/c1-3-4-5-6-21-11-9(7-10(18-11)14(15,16)17)12(23)22-8(2)19-20-13(21)22/h3-7H2,1-2H3. The zero-order valence-electron chi connectivity index (χ0n) is 12.8. The number of hydrogen-bond acceptors (Lipinski definition) is 4. The molecule has 0 bridgehead atoms. The summed E-state index contributed by atoms with van der Waals surface area (Å²) in [6.07, 6.45) is -2.37. The van der Waals surface area contributed by atoms with E-state index in [1.54, 1.807) is 11.5 Å². The van der Waals surface area contributed by atoms with Crippen molar-refractivity contribution < 1.29 is 13.2 Å². The van der Waals surface area contributed by atoms with Crippen molar-refractivity contribution in [2.45, 2.75) is 52.3 Å². The third-order valence-corrected chi connectivity index (χ3v) is 3.93. The Morgan fingerprint density at radius 1 is 1.22 bits per heavy atom. The van der Waals surface area contributed by atoms with E-state index in [0.29, 0.717) is 12.4 Å². The Morgan fingerprint density at radius 2 is 1.96 bits per heavy atom. The lowest BCUT2D eigenvalue weighted by Gasteiger charge is -2.12. The van der Waals surface area contributed by atoms with E-state index in [-0.39, 0.29) is 17.2 Å². The summed E-state index contributed by atoms with van der Waals surface area (Å²) in [5.74, 6) is 0.672. The van der Waals surface area contributed by atoms with Gasteiger partial charge in [0.25, 0.3) is 5.56 Å². The lowest BCUT2D eigenvalue weighted by atomic mass is 10.2. The summed E-state index contributed by atoms with van der Waals surface area (Å²) < 4.78 is 41.8. The van der Waals surface area contributed by atoms with Gasteiger partial charge in [-0.3, -0.25) is 9.36 Å². The fraction of sp³-hybridized carbons (Fsp3) is 0.571. The molecule has 0 aromatic carbocycles.